The molecule has 0 aliphatic carbocycles. The van der Waals surface area contributed by atoms with Gasteiger partial charge in [-0.15, -0.1) is 0 Å². The van der Waals surface area contributed by atoms with Gasteiger partial charge in [-0.2, -0.15) is 0 Å². The number of benzene rings is 1. The van der Waals surface area contributed by atoms with Crippen LogP contribution in [0.5, 0.6) is 0 Å². The third-order valence-corrected chi connectivity index (χ3v) is 5.63. The van der Waals surface area contributed by atoms with Crippen molar-refractivity contribution < 1.29 is 14.7 Å². The molecule has 0 spiro atoms. The predicted molar refractivity (Wildman–Crippen MR) is 68.9 cm³/mol. The Morgan fingerprint density at radius 3 is 2.06 bits per heavy atom. The fraction of sp³-hybridized carbons (Fsp3) is 0.500. The van der Waals surface area contributed by atoms with Crippen molar-refractivity contribution in [3.63, 3.8) is 0 Å². The third-order valence-electron chi connectivity index (χ3n) is 3.06. The van der Waals surface area contributed by atoms with Crippen LogP contribution < -0.4 is 5.30 Å². The predicted octanol–water partition coefficient (Wildman–Crippen LogP) is 1.73. The molecule has 0 amide bonds. The molecule has 1 aromatic carbocycles. The molecule has 3 N–H and O–H groups in total. The van der Waals surface area contributed by atoms with Crippen molar-refractivity contribution >= 4 is 12.6 Å². The van der Waals surface area contributed by atoms with Crippen LogP contribution in [0.25, 0.3) is 0 Å². The normalized spacial score (nSPS) is 14.5. The average molecular weight is 244 g/mol. The van der Waals surface area contributed by atoms with E-state index in [0.29, 0.717) is 11.7 Å². The second kappa shape index (κ2) is 4.42. The molecule has 0 fully saturated rings. The van der Waals surface area contributed by atoms with Gasteiger partial charge in [-0.05, 0) is 0 Å². The first-order valence-corrected chi connectivity index (χ1v) is 7.99. The molecule has 4 heteroatoms. The van der Waals surface area contributed by atoms with Crippen LogP contribution in [0.15, 0.2) is 18.2 Å². The maximum atomic E-state index is 10.0. The molecule has 0 aliphatic heterocycles. The summed E-state index contributed by atoms with van der Waals surface area (Å²) >= 11 is 0. The average Bonchev–Trinajstić information content (AvgIpc) is 2.27. The first-order valence-electron chi connectivity index (χ1n) is 5.71. The Kier molecular flexibility index (Phi) is 3.76. The van der Waals surface area contributed by atoms with E-state index in [4.69, 9.17) is 0 Å². The first kappa shape index (κ1) is 13.6. The van der Waals surface area contributed by atoms with Gasteiger partial charge >= 0.3 is 96.4 Å². The van der Waals surface area contributed by atoms with E-state index in [0.717, 1.165) is 17.5 Å². The van der Waals surface area contributed by atoms with Crippen LogP contribution in [0.3, 0.4) is 0 Å². The second-order valence-corrected chi connectivity index (χ2v) is 7.50. The maximum absolute atomic E-state index is 10.0. The van der Waals surface area contributed by atoms with E-state index in [2.05, 4.69) is 0 Å². The Morgan fingerprint density at radius 1 is 1.00 bits per heavy atom. The molecule has 0 saturated heterocycles. The van der Waals surface area contributed by atoms with Crippen molar-refractivity contribution in [2.75, 3.05) is 6.16 Å². The molecule has 1 rings (SSSR count). The summed E-state index contributed by atoms with van der Waals surface area (Å²) in [4.78, 5) is 30.1. The van der Waals surface area contributed by atoms with E-state index in [1.165, 1.54) is 0 Å². The summed E-state index contributed by atoms with van der Waals surface area (Å²) in [5, 5.41) is 0.329. The van der Waals surface area contributed by atoms with Gasteiger partial charge in [-0.3, -0.25) is 0 Å². The summed E-state index contributed by atoms with van der Waals surface area (Å²) < 4.78 is 0. The molecule has 16 heavy (non-hydrogen) atoms. The van der Waals surface area contributed by atoms with Crippen LogP contribution in [-0.2, 0) is 12.8 Å². The quantitative estimate of drug-likeness (QED) is 0.707. The molecule has 1 aromatic rings. The Balaban J connectivity index is 3.45. The van der Waals surface area contributed by atoms with Gasteiger partial charge in [0, 0.05) is 0 Å². The van der Waals surface area contributed by atoms with Crippen molar-refractivity contribution in [1.82, 2.24) is 0 Å². The van der Waals surface area contributed by atoms with Crippen molar-refractivity contribution in [1.29, 1.82) is 0 Å². The molecule has 0 heterocycles. The van der Waals surface area contributed by atoms with Gasteiger partial charge < -0.3 is 0 Å². The summed E-state index contributed by atoms with van der Waals surface area (Å²) in [5.41, 5.74) is 1.94. The van der Waals surface area contributed by atoms with Crippen LogP contribution in [0, 0.1) is 0 Å². The molecule has 0 radical (unpaired) electrons. The van der Waals surface area contributed by atoms with Crippen molar-refractivity contribution in [2.45, 2.75) is 33.6 Å². The third kappa shape index (κ3) is 2.44. The van der Waals surface area contributed by atoms with Gasteiger partial charge in [0.2, 0.25) is 0 Å². The fourth-order valence-electron chi connectivity index (χ4n) is 1.96. The molecule has 0 atom stereocenters. The minimum absolute atomic E-state index is 0.0359. The van der Waals surface area contributed by atoms with E-state index in [9.17, 15) is 14.7 Å². The van der Waals surface area contributed by atoms with Crippen LogP contribution in [0.1, 0.15) is 31.9 Å². The molecule has 0 unspecified atom stereocenters. The zero-order valence-electron chi connectivity index (χ0n) is 10.1. The second-order valence-electron chi connectivity index (χ2n) is 4.09. The molecule has 3 nitrogen and oxygen atoms in total. The van der Waals surface area contributed by atoms with Gasteiger partial charge in [-0.1, -0.05) is 0 Å². The van der Waals surface area contributed by atoms with Gasteiger partial charge in [0.25, 0.3) is 0 Å². The first-order chi connectivity index (χ1) is 7.34. The van der Waals surface area contributed by atoms with Gasteiger partial charge in [0.05, 0.1) is 0 Å². The summed E-state index contributed by atoms with van der Waals surface area (Å²) in [5.74, 6) is 0. The summed E-state index contributed by atoms with van der Waals surface area (Å²) in [6.45, 7) is 5.57. The van der Waals surface area contributed by atoms with Crippen molar-refractivity contribution in [2.24, 2.45) is 0 Å². The topological polar surface area (TPSA) is 60.7 Å². The molecular weight excluding hydrogens is 223 g/mol. The van der Waals surface area contributed by atoms with Crippen LogP contribution in [-0.4, -0.2) is 20.8 Å². The van der Waals surface area contributed by atoms with Gasteiger partial charge in [0.15, 0.2) is 0 Å². The van der Waals surface area contributed by atoms with Crippen molar-refractivity contribution in [3.05, 3.63) is 29.3 Å². The zero-order chi connectivity index (χ0) is 12.4. The number of aryl methyl sites for hydroxylation is 1. The summed E-state index contributed by atoms with van der Waals surface area (Å²) in [6, 6.07) is 5.36. The van der Waals surface area contributed by atoms with Crippen LogP contribution in [0.2, 0.25) is 0 Å². The Labute approximate surface area is 96.9 Å². The molecular formula is C12H21O3P. The molecule has 0 aromatic heterocycles. The standard InChI is InChI=1S/C12H21O3P/c1-4-10-8-7-9-12(11(10)5-2)16(13,14,15)6-3/h7-9,13-15H,4-6H2,1-3H3. The SMILES string of the molecule is CCc1cccc(P(O)(O)(O)CC)c1CC. The monoisotopic (exact) mass is 244 g/mol. The van der Waals surface area contributed by atoms with Gasteiger partial charge in [-0.25, -0.2) is 0 Å². The van der Waals surface area contributed by atoms with E-state index < -0.39 is 7.28 Å². The van der Waals surface area contributed by atoms with Crippen molar-refractivity contribution in [3.8, 4) is 0 Å². The number of hydrogen-bond acceptors (Lipinski definition) is 3. The summed E-state index contributed by atoms with van der Waals surface area (Å²) in [7, 11) is -4.64. The zero-order valence-corrected chi connectivity index (χ0v) is 11.0. The Morgan fingerprint density at radius 2 is 1.62 bits per heavy atom. The van der Waals surface area contributed by atoms with E-state index >= 15 is 0 Å². The van der Waals surface area contributed by atoms with E-state index in [1.54, 1.807) is 19.1 Å². The fourth-order valence-corrected chi connectivity index (χ4v) is 3.55. The van der Waals surface area contributed by atoms with Crippen LogP contribution in [0.4, 0.5) is 0 Å². The molecule has 92 valence electrons. The Hall–Kier alpha value is -0.470. The molecule has 0 saturated carbocycles. The molecule has 0 aliphatic rings. The number of rotatable bonds is 4. The summed E-state index contributed by atoms with van der Waals surface area (Å²) in [6.07, 6.45) is 1.48. The van der Waals surface area contributed by atoms with E-state index in [1.807, 2.05) is 19.9 Å². The van der Waals surface area contributed by atoms with E-state index in [-0.39, 0.29) is 6.16 Å². The Bertz CT molecular complexity index is 380. The minimum atomic E-state index is -4.64. The number of hydrogen-bond donors (Lipinski definition) is 3. The van der Waals surface area contributed by atoms with Crippen LogP contribution >= 0.6 is 7.28 Å². The molecule has 0 bridgehead atoms. The van der Waals surface area contributed by atoms with Gasteiger partial charge in [0.1, 0.15) is 0 Å².